The van der Waals surface area contributed by atoms with Gasteiger partial charge in [0.2, 0.25) is 5.91 Å². The molecular formula is C14H25NO3. The Hall–Kier alpha value is -1.06. The van der Waals surface area contributed by atoms with Crippen LogP contribution in [0, 0.1) is 5.41 Å². The highest BCUT2D eigenvalue weighted by Crippen LogP contribution is 2.29. The summed E-state index contributed by atoms with van der Waals surface area (Å²) in [6.07, 6.45) is 5.06. The Morgan fingerprint density at radius 3 is 2.28 bits per heavy atom. The van der Waals surface area contributed by atoms with E-state index in [-0.39, 0.29) is 24.5 Å². The van der Waals surface area contributed by atoms with E-state index in [0.717, 1.165) is 32.1 Å². The minimum Gasteiger partial charge on any atom is -0.468 e. The molecule has 1 rings (SSSR count). The fraction of sp³-hybridized carbons (Fsp3) is 0.857. The first-order chi connectivity index (χ1) is 8.42. The number of methoxy groups -OCH3 is 1. The van der Waals surface area contributed by atoms with E-state index in [1.54, 1.807) is 4.90 Å². The molecule has 4 heteroatoms. The van der Waals surface area contributed by atoms with Crippen LogP contribution in [0.15, 0.2) is 0 Å². The third-order valence-electron chi connectivity index (χ3n) is 4.02. The average Bonchev–Trinajstić information content (AvgIpc) is 2.88. The molecule has 0 atom stereocenters. The quantitative estimate of drug-likeness (QED) is 0.708. The summed E-state index contributed by atoms with van der Waals surface area (Å²) >= 11 is 0. The van der Waals surface area contributed by atoms with Crippen LogP contribution in [-0.4, -0.2) is 36.5 Å². The molecule has 0 aromatic carbocycles. The maximum Gasteiger partial charge on any atom is 0.325 e. The van der Waals surface area contributed by atoms with Crippen LogP contribution >= 0.6 is 0 Å². The van der Waals surface area contributed by atoms with E-state index in [0.29, 0.717) is 0 Å². The van der Waals surface area contributed by atoms with Crippen molar-refractivity contribution < 1.29 is 14.3 Å². The van der Waals surface area contributed by atoms with Crippen LogP contribution in [0.25, 0.3) is 0 Å². The van der Waals surface area contributed by atoms with Crippen molar-refractivity contribution in [2.45, 2.75) is 58.9 Å². The Labute approximate surface area is 110 Å². The first-order valence-electron chi connectivity index (χ1n) is 6.80. The molecule has 0 aromatic rings. The van der Waals surface area contributed by atoms with E-state index >= 15 is 0 Å². The SMILES string of the molecule is CCC(C)(C)C(=O)N(CC(=O)OC)C1CCCC1. The second-order valence-corrected chi connectivity index (χ2v) is 5.68. The summed E-state index contributed by atoms with van der Waals surface area (Å²) in [6.45, 7) is 5.97. The van der Waals surface area contributed by atoms with Crippen molar-refractivity contribution in [1.82, 2.24) is 4.90 Å². The molecule has 18 heavy (non-hydrogen) atoms. The number of esters is 1. The molecule has 1 aliphatic rings. The second kappa shape index (κ2) is 6.21. The molecule has 0 aliphatic heterocycles. The molecular weight excluding hydrogens is 230 g/mol. The summed E-state index contributed by atoms with van der Waals surface area (Å²) in [7, 11) is 1.37. The zero-order valence-corrected chi connectivity index (χ0v) is 12.0. The molecule has 1 amide bonds. The molecule has 0 saturated heterocycles. The van der Waals surface area contributed by atoms with Gasteiger partial charge in [0.15, 0.2) is 0 Å². The summed E-state index contributed by atoms with van der Waals surface area (Å²) in [4.78, 5) is 25.8. The van der Waals surface area contributed by atoms with Gasteiger partial charge in [-0.05, 0) is 19.3 Å². The van der Waals surface area contributed by atoms with Crippen LogP contribution in [-0.2, 0) is 14.3 Å². The van der Waals surface area contributed by atoms with Gasteiger partial charge in [-0.15, -0.1) is 0 Å². The molecule has 0 N–H and O–H groups in total. The number of carbonyl (C=O) groups is 2. The zero-order chi connectivity index (χ0) is 13.8. The van der Waals surface area contributed by atoms with Gasteiger partial charge in [0.1, 0.15) is 6.54 Å². The third kappa shape index (κ3) is 3.47. The van der Waals surface area contributed by atoms with Crippen molar-refractivity contribution in [2.75, 3.05) is 13.7 Å². The maximum atomic E-state index is 12.6. The van der Waals surface area contributed by atoms with Gasteiger partial charge in [-0.25, -0.2) is 0 Å². The van der Waals surface area contributed by atoms with Crippen molar-refractivity contribution >= 4 is 11.9 Å². The number of hydrogen-bond acceptors (Lipinski definition) is 3. The summed E-state index contributed by atoms with van der Waals surface area (Å²) in [5.74, 6) is -0.260. The topological polar surface area (TPSA) is 46.6 Å². The van der Waals surface area contributed by atoms with Crippen molar-refractivity contribution in [3.63, 3.8) is 0 Å². The summed E-state index contributed by atoms with van der Waals surface area (Å²) in [5.41, 5.74) is -0.406. The van der Waals surface area contributed by atoms with Crippen LogP contribution in [0.2, 0.25) is 0 Å². The lowest BCUT2D eigenvalue weighted by atomic mass is 9.88. The van der Waals surface area contributed by atoms with E-state index in [1.165, 1.54) is 7.11 Å². The molecule has 104 valence electrons. The Kier molecular flexibility index (Phi) is 5.17. The minimum atomic E-state index is -0.406. The molecule has 0 bridgehead atoms. The monoisotopic (exact) mass is 255 g/mol. The molecule has 0 spiro atoms. The normalized spacial score (nSPS) is 16.7. The van der Waals surface area contributed by atoms with E-state index in [1.807, 2.05) is 20.8 Å². The fourth-order valence-electron chi connectivity index (χ4n) is 2.33. The van der Waals surface area contributed by atoms with Crippen LogP contribution in [0.5, 0.6) is 0 Å². The first-order valence-corrected chi connectivity index (χ1v) is 6.80. The molecule has 4 nitrogen and oxygen atoms in total. The Morgan fingerprint density at radius 1 is 1.28 bits per heavy atom. The van der Waals surface area contributed by atoms with Gasteiger partial charge in [0.25, 0.3) is 0 Å². The second-order valence-electron chi connectivity index (χ2n) is 5.68. The lowest BCUT2D eigenvalue weighted by Crippen LogP contribution is -2.48. The molecule has 0 heterocycles. The summed E-state index contributed by atoms with van der Waals surface area (Å²) in [6, 6.07) is 0.211. The Morgan fingerprint density at radius 2 is 1.83 bits per heavy atom. The number of rotatable bonds is 5. The van der Waals surface area contributed by atoms with Crippen LogP contribution < -0.4 is 0 Å². The van der Waals surface area contributed by atoms with Gasteiger partial charge in [0.05, 0.1) is 7.11 Å². The predicted octanol–water partition coefficient (Wildman–Crippen LogP) is 2.37. The van der Waals surface area contributed by atoms with Crippen molar-refractivity contribution in [2.24, 2.45) is 5.41 Å². The van der Waals surface area contributed by atoms with Gasteiger partial charge >= 0.3 is 5.97 Å². The van der Waals surface area contributed by atoms with Gasteiger partial charge in [-0.1, -0.05) is 33.6 Å². The molecule has 1 saturated carbocycles. The molecule has 0 radical (unpaired) electrons. The van der Waals surface area contributed by atoms with Gasteiger partial charge in [0, 0.05) is 11.5 Å². The number of amides is 1. The van der Waals surface area contributed by atoms with Crippen molar-refractivity contribution in [3.8, 4) is 0 Å². The first kappa shape index (κ1) is 15.0. The van der Waals surface area contributed by atoms with Gasteiger partial charge < -0.3 is 9.64 Å². The Bertz CT molecular complexity index is 306. The smallest absolute Gasteiger partial charge is 0.325 e. The van der Waals surface area contributed by atoms with Crippen LogP contribution in [0.3, 0.4) is 0 Å². The van der Waals surface area contributed by atoms with E-state index in [9.17, 15) is 9.59 Å². The summed E-state index contributed by atoms with van der Waals surface area (Å²) < 4.78 is 4.70. The van der Waals surface area contributed by atoms with Gasteiger partial charge in [-0.2, -0.15) is 0 Å². The number of nitrogens with zero attached hydrogens (tertiary/aromatic N) is 1. The average molecular weight is 255 g/mol. The summed E-state index contributed by atoms with van der Waals surface area (Å²) in [5, 5.41) is 0. The molecule has 0 unspecified atom stereocenters. The largest absolute Gasteiger partial charge is 0.468 e. The minimum absolute atomic E-state index is 0.0716. The number of carbonyl (C=O) groups excluding carboxylic acids is 2. The lowest BCUT2D eigenvalue weighted by Gasteiger charge is -2.34. The zero-order valence-electron chi connectivity index (χ0n) is 12.0. The predicted molar refractivity (Wildman–Crippen MR) is 70.1 cm³/mol. The van der Waals surface area contributed by atoms with Crippen molar-refractivity contribution in [3.05, 3.63) is 0 Å². The Balaban J connectivity index is 2.82. The fourth-order valence-corrected chi connectivity index (χ4v) is 2.33. The van der Waals surface area contributed by atoms with E-state index in [2.05, 4.69) is 0 Å². The third-order valence-corrected chi connectivity index (χ3v) is 4.02. The highest BCUT2D eigenvalue weighted by molar-refractivity contribution is 5.86. The lowest BCUT2D eigenvalue weighted by molar-refractivity contribution is -0.152. The molecule has 0 aromatic heterocycles. The standard InChI is InChI=1S/C14H25NO3/c1-5-14(2,3)13(17)15(10-12(16)18-4)11-8-6-7-9-11/h11H,5-10H2,1-4H3. The van der Waals surface area contributed by atoms with E-state index in [4.69, 9.17) is 4.74 Å². The highest BCUT2D eigenvalue weighted by atomic mass is 16.5. The molecule has 1 aliphatic carbocycles. The van der Waals surface area contributed by atoms with Gasteiger partial charge in [-0.3, -0.25) is 9.59 Å². The number of hydrogen-bond donors (Lipinski definition) is 0. The van der Waals surface area contributed by atoms with Crippen molar-refractivity contribution in [1.29, 1.82) is 0 Å². The van der Waals surface area contributed by atoms with E-state index < -0.39 is 5.41 Å². The van der Waals surface area contributed by atoms with Crippen LogP contribution in [0.4, 0.5) is 0 Å². The highest BCUT2D eigenvalue weighted by Gasteiger charge is 2.36. The van der Waals surface area contributed by atoms with Crippen LogP contribution in [0.1, 0.15) is 52.9 Å². The molecule has 1 fully saturated rings. The number of ether oxygens (including phenoxy) is 1. The maximum absolute atomic E-state index is 12.6.